The number of carboxylic acid groups (broad SMARTS) is 1. The first kappa shape index (κ1) is 14.2. The molecular formula is C13H16FNO3. The summed E-state index contributed by atoms with van der Waals surface area (Å²) in [7, 11) is 0. The molecule has 1 aromatic carbocycles. The highest BCUT2D eigenvalue weighted by Crippen LogP contribution is 2.19. The van der Waals surface area contributed by atoms with Gasteiger partial charge in [-0.25, -0.2) is 4.39 Å². The quantitative estimate of drug-likeness (QED) is 0.808. The molecule has 0 fully saturated rings. The van der Waals surface area contributed by atoms with Crippen LogP contribution in [0, 0.1) is 11.2 Å². The van der Waals surface area contributed by atoms with Crippen molar-refractivity contribution in [2.45, 2.75) is 26.8 Å². The number of rotatable bonds is 4. The van der Waals surface area contributed by atoms with E-state index in [0.29, 0.717) is 5.56 Å². The summed E-state index contributed by atoms with van der Waals surface area (Å²) in [4.78, 5) is 22.7. The number of halogens is 1. The fourth-order valence-corrected chi connectivity index (χ4v) is 1.33. The summed E-state index contributed by atoms with van der Waals surface area (Å²) in [6, 6.07) is 5.36. The molecule has 1 rings (SSSR count). The summed E-state index contributed by atoms with van der Waals surface area (Å²) >= 11 is 0. The minimum absolute atomic E-state index is 0.397. The van der Waals surface area contributed by atoms with Crippen LogP contribution in [0.3, 0.4) is 0 Å². The van der Waals surface area contributed by atoms with Crippen LogP contribution >= 0.6 is 0 Å². The van der Waals surface area contributed by atoms with Crippen molar-refractivity contribution in [1.29, 1.82) is 0 Å². The van der Waals surface area contributed by atoms with Gasteiger partial charge in [-0.1, -0.05) is 12.1 Å². The van der Waals surface area contributed by atoms with E-state index in [1.165, 1.54) is 32.0 Å². The fourth-order valence-electron chi connectivity index (χ4n) is 1.33. The van der Waals surface area contributed by atoms with Crippen molar-refractivity contribution >= 4 is 11.9 Å². The molecule has 2 N–H and O–H groups in total. The summed E-state index contributed by atoms with van der Waals surface area (Å²) in [5.41, 5.74) is -0.925. The molecule has 0 aliphatic rings. The number of amides is 1. The van der Waals surface area contributed by atoms with Crippen LogP contribution in [-0.2, 0) is 9.59 Å². The maximum Gasteiger partial charge on any atom is 0.318 e. The average Bonchev–Trinajstić information content (AvgIpc) is 2.28. The smallest absolute Gasteiger partial charge is 0.318 e. The van der Waals surface area contributed by atoms with Gasteiger partial charge in [-0.2, -0.15) is 0 Å². The molecule has 5 heteroatoms. The van der Waals surface area contributed by atoms with E-state index in [-0.39, 0.29) is 0 Å². The molecular weight excluding hydrogens is 237 g/mol. The van der Waals surface area contributed by atoms with Crippen molar-refractivity contribution in [2.24, 2.45) is 5.41 Å². The molecule has 1 atom stereocenters. The highest BCUT2D eigenvalue weighted by Gasteiger charge is 2.36. The number of nitrogens with one attached hydrogen (secondary N) is 1. The van der Waals surface area contributed by atoms with Crippen LogP contribution in [0.1, 0.15) is 32.4 Å². The molecule has 98 valence electrons. The second kappa shape index (κ2) is 5.16. The van der Waals surface area contributed by atoms with E-state index in [9.17, 15) is 14.0 Å². The molecule has 0 saturated carbocycles. The van der Waals surface area contributed by atoms with E-state index >= 15 is 0 Å². The van der Waals surface area contributed by atoms with Gasteiger partial charge >= 0.3 is 5.97 Å². The highest BCUT2D eigenvalue weighted by atomic mass is 19.1. The van der Waals surface area contributed by atoms with Gasteiger partial charge in [-0.15, -0.1) is 0 Å². The van der Waals surface area contributed by atoms with Crippen LogP contribution < -0.4 is 5.32 Å². The number of carbonyl (C=O) groups is 2. The Bertz CT molecular complexity index is 471. The van der Waals surface area contributed by atoms with Crippen molar-refractivity contribution in [3.63, 3.8) is 0 Å². The standard InChI is InChI=1S/C13H16FNO3/c1-8(9-5-4-6-10(14)7-9)15-11(16)13(2,3)12(17)18/h4-8H,1-3H3,(H,15,16)(H,17,18). The molecule has 0 heterocycles. The lowest BCUT2D eigenvalue weighted by atomic mass is 9.92. The molecule has 0 aliphatic heterocycles. The third-order valence-electron chi connectivity index (χ3n) is 2.80. The van der Waals surface area contributed by atoms with E-state index in [1.54, 1.807) is 13.0 Å². The number of carboxylic acids is 1. The lowest BCUT2D eigenvalue weighted by molar-refractivity contribution is -0.153. The summed E-state index contributed by atoms with van der Waals surface area (Å²) in [6.07, 6.45) is 0. The van der Waals surface area contributed by atoms with E-state index in [2.05, 4.69) is 5.32 Å². The van der Waals surface area contributed by atoms with Crippen LogP contribution in [0.5, 0.6) is 0 Å². The average molecular weight is 253 g/mol. The minimum Gasteiger partial charge on any atom is -0.480 e. The predicted molar refractivity (Wildman–Crippen MR) is 64.4 cm³/mol. The first-order chi connectivity index (χ1) is 8.25. The summed E-state index contributed by atoms with van der Waals surface area (Å²) in [5, 5.41) is 11.5. The van der Waals surface area contributed by atoms with Gasteiger partial charge in [0.1, 0.15) is 11.2 Å². The number of benzene rings is 1. The van der Waals surface area contributed by atoms with E-state index in [4.69, 9.17) is 5.11 Å². The van der Waals surface area contributed by atoms with Gasteiger partial charge in [0.05, 0.1) is 6.04 Å². The third kappa shape index (κ3) is 3.06. The zero-order valence-corrected chi connectivity index (χ0v) is 10.5. The number of carbonyl (C=O) groups excluding carboxylic acids is 1. The Labute approximate surface area is 105 Å². The van der Waals surface area contributed by atoms with Crippen LogP contribution in [0.2, 0.25) is 0 Å². The Morgan fingerprint density at radius 3 is 2.50 bits per heavy atom. The van der Waals surface area contributed by atoms with Crippen molar-refractivity contribution in [3.8, 4) is 0 Å². The first-order valence-corrected chi connectivity index (χ1v) is 5.55. The SMILES string of the molecule is CC(NC(=O)C(C)(C)C(=O)O)c1cccc(F)c1. The molecule has 0 saturated heterocycles. The van der Waals surface area contributed by atoms with E-state index < -0.39 is 29.2 Å². The number of aliphatic carboxylic acids is 1. The first-order valence-electron chi connectivity index (χ1n) is 5.55. The topological polar surface area (TPSA) is 66.4 Å². The van der Waals surface area contributed by atoms with Gasteiger partial charge in [-0.05, 0) is 38.5 Å². The Hall–Kier alpha value is -1.91. The second-order valence-electron chi connectivity index (χ2n) is 4.68. The van der Waals surface area contributed by atoms with Gasteiger partial charge in [0.25, 0.3) is 0 Å². The Balaban J connectivity index is 2.80. The van der Waals surface area contributed by atoms with Crippen LogP contribution in [-0.4, -0.2) is 17.0 Å². The highest BCUT2D eigenvalue weighted by molar-refractivity contribution is 6.01. The lowest BCUT2D eigenvalue weighted by Crippen LogP contribution is -2.43. The van der Waals surface area contributed by atoms with Crippen molar-refractivity contribution in [3.05, 3.63) is 35.6 Å². The van der Waals surface area contributed by atoms with Crippen LogP contribution in [0.25, 0.3) is 0 Å². The third-order valence-corrected chi connectivity index (χ3v) is 2.80. The summed E-state index contributed by atoms with van der Waals surface area (Å²) < 4.78 is 13.0. The zero-order valence-electron chi connectivity index (χ0n) is 10.5. The van der Waals surface area contributed by atoms with Crippen molar-refractivity contribution in [1.82, 2.24) is 5.32 Å². The van der Waals surface area contributed by atoms with Crippen LogP contribution in [0.4, 0.5) is 4.39 Å². The maximum absolute atomic E-state index is 13.0. The van der Waals surface area contributed by atoms with E-state index in [0.717, 1.165) is 0 Å². The molecule has 1 unspecified atom stereocenters. The van der Waals surface area contributed by atoms with Gasteiger partial charge < -0.3 is 10.4 Å². The Kier molecular flexibility index (Phi) is 4.06. The molecule has 18 heavy (non-hydrogen) atoms. The Morgan fingerprint density at radius 2 is 2.00 bits per heavy atom. The molecule has 1 aromatic rings. The fraction of sp³-hybridized carbons (Fsp3) is 0.385. The molecule has 0 aromatic heterocycles. The monoisotopic (exact) mass is 253 g/mol. The second-order valence-corrected chi connectivity index (χ2v) is 4.68. The summed E-state index contributed by atoms with van der Waals surface area (Å²) in [6.45, 7) is 4.32. The van der Waals surface area contributed by atoms with Gasteiger partial charge in [-0.3, -0.25) is 9.59 Å². The Morgan fingerprint density at radius 1 is 1.39 bits per heavy atom. The lowest BCUT2D eigenvalue weighted by Gasteiger charge is -2.22. The predicted octanol–water partition coefficient (Wildman–Crippen LogP) is 2.11. The largest absolute Gasteiger partial charge is 0.480 e. The van der Waals surface area contributed by atoms with Gasteiger partial charge in [0.2, 0.25) is 5.91 Å². The molecule has 1 amide bonds. The summed E-state index contributed by atoms with van der Waals surface area (Å²) in [5.74, 6) is -2.20. The normalized spacial score (nSPS) is 12.9. The van der Waals surface area contributed by atoms with Crippen molar-refractivity contribution < 1.29 is 19.1 Å². The number of hydrogen-bond acceptors (Lipinski definition) is 2. The van der Waals surface area contributed by atoms with E-state index in [1.807, 2.05) is 0 Å². The molecule has 0 aliphatic carbocycles. The van der Waals surface area contributed by atoms with Gasteiger partial charge in [0.15, 0.2) is 0 Å². The minimum atomic E-state index is -1.51. The molecule has 0 bridgehead atoms. The molecule has 0 spiro atoms. The van der Waals surface area contributed by atoms with Crippen molar-refractivity contribution in [2.75, 3.05) is 0 Å². The zero-order chi connectivity index (χ0) is 13.9. The molecule has 0 radical (unpaired) electrons. The number of hydrogen-bond donors (Lipinski definition) is 2. The molecule has 4 nitrogen and oxygen atoms in total. The van der Waals surface area contributed by atoms with Crippen LogP contribution in [0.15, 0.2) is 24.3 Å². The maximum atomic E-state index is 13.0. The van der Waals surface area contributed by atoms with Gasteiger partial charge in [0, 0.05) is 0 Å².